The fraction of sp³-hybridized carbons (Fsp3) is 0.733. The molecule has 0 amide bonds. The van der Waals surface area contributed by atoms with Crippen molar-refractivity contribution in [3.05, 3.63) is 23.3 Å². The first-order valence-electron chi connectivity index (χ1n) is 6.65. The average molecular weight is 236 g/mol. The van der Waals surface area contributed by atoms with E-state index in [1.165, 1.54) is 18.4 Å². The van der Waals surface area contributed by atoms with E-state index in [2.05, 4.69) is 26.0 Å². The van der Waals surface area contributed by atoms with Crippen molar-refractivity contribution in [3.8, 4) is 0 Å². The van der Waals surface area contributed by atoms with Crippen LogP contribution in [0.2, 0.25) is 0 Å². The highest BCUT2D eigenvalue weighted by molar-refractivity contribution is 5.35. The molecule has 2 aliphatic carbocycles. The number of aliphatic hydroxyl groups excluding tert-OH is 1. The Morgan fingerprint density at radius 2 is 2.18 bits per heavy atom. The van der Waals surface area contributed by atoms with Crippen LogP contribution in [0.15, 0.2) is 23.3 Å². The van der Waals surface area contributed by atoms with Gasteiger partial charge < -0.3 is 10.2 Å². The van der Waals surface area contributed by atoms with Gasteiger partial charge in [0.05, 0.1) is 6.61 Å². The fourth-order valence-electron chi connectivity index (χ4n) is 3.18. The van der Waals surface area contributed by atoms with Crippen molar-refractivity contribution in [2.45, 2.75) is 52.1 Å². The Balaban J connectivity index is 2.39. The molecule has 2 N–H and O–H groups in total. The summed E-state index contributed by atoms with van der Waals surface area (Å²) in [7, 11) is 0. The van der Waals surface area contributed by atoms with Gasteiger partial charge in [0.1, 0.15) is 5.60 Å². The van der Waals surface area contributed by atoms with Gasteiger partial charge in [0, 0.05) is 5.41 Å². The number of allylic oxidation sites excluding steroid dienone is 3. The second-order valence-electron chi connectivity index (χ2n) is 6.09. The van der Waals surface area contributed by atoms with Crippen LogP contribution in [0.3, 0.4) is 0 Å². The molecule has 0 aromatic rings. The molecule has 17 heavy (non-hydrogen) atoms. The van der Waals surface area contributed by atoms with Crippen molar-refractivity contribution in [2.24, 2.45) is 11.3 Å². The molecule has 0 saturated heterocycles. The largest absolute Gasteiger partial charge is 0.393 e. The Morgan fingerprint density at radius 1 is 1.47 bits per heavy atom. The lowest BCUT2D eigenvalue weighted by molar-refractivity contribution is 0.0277. The zero-order valence-corrected chi connectivity index (χ0v) is 11.2. The van der Waals surface area contributed by atoms with E-state index >= 15 is 0 Å². The topological polar surface area (TPSA) is 40.5 Å². The van der Waals surface area contributed by atoms with Gasteiger partial charge in [-0.15, -0.1) is 0 Å². The van der Waals surface area contributed by atoms with Crippen molar-refractivity contribution < 1.29 is 10.2 Å². The lowest BCUT2D eigenvalue weighted by Gasteiger charge is -2.44. The number of aliphatic hydroxyl groups is 2. The van der Waals surface area contributed by atoms with Crippen molar-refractivity contribution in [1.29, 1.82) is 0 Å². The lowest BCUT2D eigenvalue weighted by atomic mass is 9.61. The summed E-state index contributed by atoms with van der Waals surface area (Å²) in [5.41, 5.74) is 1.57. The summed E-state index contributed by atoms with van der Waals surface area (Å²) in [4.78, 5) is 0. The maximum Gasteiger partial charge on any atom is 0.106 e. The Labute approximate surface area is 104 Å². The summed E-state index contributed by atoms with van der Waals surface area (Å²) in [6, 6.07) is 0. The molecule has 2 nitrogen and oxygen atoms in total. The molecular formula is C15H24O2. The zero-order chi connectivity index (χ0) is 12.7. The van der Waals surface area contributed by atoms with Crippen LogP contribution in [0.4, 0.5) is 0 Å². The van der Waals surface area contributed by atoms with Crippen LogP contribution in [0.25, 0.3) is 0 Å². The van der Waals surface area contributed by atoms with Gasteiger partial charge in [-0.3, -0.25) is 0 Å². The van der Waals surface area contributed by atoms with Gasteiger partial charge in [0.2, 0.25) is 0 Å². The van der Waals surface area contributed by atoms with Crippen LogP contribution in [0, 0.1) is 11.3 Å². The molecule has 2 rings (SSSR count). The van der Waals surface area contributed by atoms with E-state index < -0.39 is 5.60 Å². The van der Waals surface area contributed by atoms with E-state index in [1.807, 2.05) is 0 Å². The van der Waals surface area contributed by atoms with Gasteiger partial charge in [-0.1, -0.05) is 31.6 Å². The molecule has 0 aliphatic heterocycles. The molecule has 0 heterocycles. The van der Waals surface area contributed by atoms with E-state index in [9.17, 15) is 10.2 Å². The Morgan fingerprint density at radius 3 is 2.82 bits per heavy atom. The van der Waals surface area contributed by atoms with Crippen molar-refractivity contribution >= 4 is 0 Å². The number of rotatable bonds is 2. The minimum Gasteiger partial charge on any atom is -0.393 e. The Kier molecular flexibility index (Phi) is 3.21. The minimum absolute atomic E-state index is 0.0883. The molecule has 2 aliphatic rings. The first-order chi connectivity index (χ1) is 7.90. The van der Waals surface area contributed by atoms with Crippen molar-refractivity contribution in [1.82, 2.24) is 0 Å². The molecule has 0 saturated carbocycles. The molecule has 0 aromatic heterocycles. The van der Waals surface area contributed by atoms with Crippen molar-refractivity contribution in [3.63, 3.8) is 0 Å². The maximum absolute atomic E-state index is 10.2. The van der Waals surface area contributed by atoms with Gasteiger partial charge in [0.15, 0.2) is 0 Å². The van der Waals surface area contributed by atoms with Crippen LogP contribution in [0.5, 0.6) is 0 Å². The SMILES string of the molecule is C[C@@H]1CCC=C2CCC([C@@](C)(O)CO)=C[C@]21C. The van der Waals surface area contributed by atoms with E-state index in [0.29, 0.717) is 5.92 Å². The Hall–Kier alpha value is -0.600. The second-order valence-corrected chi connectivity index (χ2v) is 6.09. The van der Waals surface area contributed by atoms with Gasteiger partial charge in [0.25, 0.3) is 0 Å². The molecule has 0 aromatic carbocycles. The summed E-state index contributed by atoms with van der Waals surface area (Å²) in [6.07, 6.45) is 8.91. The molecular weight excluding hydrogens is 212 g/mol. The van der Waals surface area contributed by atoms with Gasteiger partial charge in [-0.25, -0.2) is 0 Å². The third kappa shape index (κ3) is 2.09. The summed E-state index contributed by atoms with van der Waals surface area (Å²) >= 11 is 0. The molecule has 0 bridgehead atoms. The highest BCUT2D eigenvalue weighted by Crippen LogP contribution is 2.50. The van der Waals surface area contributed by atoms with Crippen LogP contribution in [0.1, 0.15) is 46.5 Å². The van der Waals surface area contributed by atoms with E-state index in [0.717, 1.165) is 18.4 Å². The third-order valence-corrected chi connectivity index (χ3v) is 4.84. The van der Waals surface area contributed by atoms with Crippen LogP contribution >= 0.6 is 0 Å². The summed E-state index contributed by atoms with van der Waals surface area (Å²) in [5.74, 6) is 0.618. The minimum atomic E-state index is -1.05. The van der Waals surface area contributed by atoms with Crippen LogP contribution in [-0.2, 0) is 0 Å². The second kappa shape index (κ2) is 4.25. The summed E-state index contributed by atoms with van der Waals surface area (Å²) in [5, 5.41) is 19.5. The quantitative estimate of drug-likeness (QED) is 0.724. The Bertz CT molecular complexity index is 365. The number of fused-ring (bicyclic) bond motifs is 1. The van der Waals surface area contributed by atoms with Gasteiger partial charge >= 0.3 is 0 Å². The molecule has 0 unspecified atom stereocenters. The molecule has 96 valence electrons. The summed E-state index contributed by atoms with van der Waals surface area (Å²) < 4.78 is 0. The van der Waals surface area contributed by atoms with E-state index in [4.69, 9.17) is 0 Å². The number of hydrogen-bond donors (Lipinski definition) is 2. The summed E-state index contributed by atoms with van der Waals surface area (Å²) in [6.45, 7) is 6.09. The van der Waals surface area contributed by atoms with Gasteiger partial charge in [-0.05, 0) is 44.1 Å². The van der Waals surface area contributed by atoms with Crippen LogP contribution < -0.4 is 0 Å². The van der Waals surface area contributed by atoms with Gasteiger partial charge in [-0.2, -0.15) is 0 Å². The number of hydrogen-bond acceptors (Lipinski definition) is 2. The fourth-order valence-corrected chi connectivity index (χ4v) is 3.18. The van der Waals surface area contributed by atoms with E-state index in [-0.39, 0.29) is 12.0 Å². The average Bonchev–Trinajstić information content (AvgIpc) is 2.30. The monoisotopic (exact) mass is 236 g/mol. The van der Waals surface area contributed by atoms with Crippen LogP contribution in [-0.4, -0.2) is 22.4 Å². The third-order valence-electron chi connectivity index (χ3n) is 4.84. The normalized spacial score (nSPS) is 36.6. The highest BCUT2D eigenvalue weighted by atomic mass is 16.3. The standard InChI is InChI=1S/C15H24O2/c1-11-5-4-6-12-7-8-13(9-14(11,12)2)15(3,17)10-16/h6,9,11,16-17H,4-5,7-8,10H2,1-3H3/t11-,14+,15+/m1/s1. The predicted octanol–water partition coefficient (Wildman–Crippen LogP) is 2.81. The molecule has 0 spiro atoms. The molecule has 0 radical (unpaired) electrons. The maximum atomic E-state index is 10.2. The first kappa shape index (κ1) is 12.8. The highest BCUT2D eigenvalue weighted by Gasteiger charge is 2.40. The zero-order valence-electron chi connectivity index (χ0n) is 11.2. The molecule has 3 atom stereocenters. The first-order valence-corrected chi connectivity index (χ1v) is 6.65. The van der Waals surface area contributed by atoms with Crippen molar-refractivity contribution in [2.75, 3.05) is 6.61 Å². The molecule has 0 fully saturated rings. The predicted molar refractivity (Wildman–Crippen MR) is 69.6 cm³/mol. The molecule has 2 heteroatoms. The lowest BCUT2D eigenvalue weighted by Crippen LogP contribution is -2.38. The smallest absolute Gasteiger partial charge is 0.106 e. The van der Waals surface area contributed by atoms with E-state index in [1.54, 1.807) is 6.92 Å².